The van der Waals surface area contributed by atoms with E-state index in [1.807, 2.05) is 19.1 Å². The van der Waals surface area contributed by atoms with E-state index in [2.05, 4.69) is 15.5 Å². The second kappa shape index (κ2) is 9.53. The molecule has 172 valence electrons. The van der Waals surface area contributed by atoms with Crippen molar-refractivity contribution < 1.29 is 22.5 Å². The van der Waals surface area contributed by atoms with Crippen molar-refractivity contribution in [3.63, 3.8) is 0 Å². The highest BCUT2D eigenvalue weighted by Gasteiger charge is 2.32. The lowest BCUT2D eigenvalue weighted by atomic mass is 10.0. The van der Waals surface area contributed by atoms with Gasteiger partial charge in [-0.2, -0.15) is 4.98 Å². The Hall–Kier alpha value is -3.53. The van der Waals surface area contributed by atoms with E-state index < -0.39 is 15.8 Å². The lowest BCUT2D eigenvalue weighted by Gasteiger charge is -2.29. The second-order valence-corrected chi connectivity index (χ2v) is 10.4. The first kappa shape index (κ1) is 22.7. The number of carbonyl (C=O) groups is 2. The van der Waals surface area contributed by atoms with E-state index in [-0.39, 0.29) is 42.7 Å². The van der Waals surface area contributed by atoms with Crippen molar-refractivity contribution in [1.82, 2.24) is 10.1 Å². The van der Waals surface area contributed by atoms with Gasteiger partial charge in [0.05, 0.1) is 11.5 Å². The first-order valence-electron chi connectivity index (χ1n) is 10.6. The number of hydrogen-bond donors (Lipinski definition) is 1. The lowest BCUT2D eigenvalue weighted by molar-refractivity contribution is -0.124. The van der Waals surface area contributed by atoms with Crippen LogP contribution in [0.1, 0.15) is 18.4 Å². The van der Waals surface area contributed by atoms with Crippen LogP contribution in [0.4, 0.5) is 11.4 Å². The fourth-order valence-electron chi connectivity index (χ4n) is 3.72. The highest BCUT2D eigenvalue weighted by Crippen LogP contribution is 2.25. The molecule has 0 atom stereocenters. The minimum Gasteiger partial charge on any atom is -0.342 e. The third-order valence-corrected chi connectivity index (χ3v) is 7.32. The smallest absolute Gasteiger partial charge is 0.244 e. The van der Waals surface area contributed by atoms with Gasteiger partial charge in [-0.05, 0) is 56.2 Å². The molecule has 0 saturated carbocycles. The van der Waals surface area contributed by atoms with Gasteiger partial charge in [0, 0.05) is 22.9 Å². The zero-order valence-electron chi connectivity index (χ0n) is 18.1. The van der Waals surface area contributed by atoms with Gasteiger partial charge in [0.15, 0.2) is 0 Å². The molecule has 4 rings (SSSR count). The Morgan fingerprint density at radius 2 is 1.73 bits per heavy atom. The van der Waals surface area contributed by atoms with Gasteiger partial charge in [0.25, 0.3) is 0 Å². The van der Waals surface area contributed by atoms with Gasteiger partial charge in [-0.1, -0.05) is 22.9 Å². The van der Waals surface area contributed by atoms with Gasteiger partial charge < -0.3 is 14.7 Å². The summed E-state index contributed by atoms with van der Waals surface area (Å²) in [4.78, 5) is 31.5. The Labute approximate surface area is 191 Å². The largest absolute Gasteiger partial charge is 0.342 e. The molecule has 0 spiro atoms. The molecular weight excluding hydrogens is 444 g/mol. The minimum atomic E-state index is -3.09. The number of nitrogens with one attached hydrogen (secondary N) is 1. The van der Waals surface area contributed by atoms with E-state index in [4.69, 9.17) is 4.52 Å². The molecule has 0 radical (unpaired) electrons. The van der Waals surface area contributed by atoms with Crippen molar-refractivity contribution in [2.45, 2.75) is 19.8 Å². The van der Waals surface area contributed by atoms with Crippen molar-refractivity contribution in [3.05, 3.63) is 60.5 Å². The third-order valence-electron chi connectivity index (χ3n) is 5.61. The van der Waals surface area contributed by atoms with Gasteiger partial charge in [0.2, 0.25) is 24.0 Å². The molecular formula is C23H24N4O5S. The minimum absolute atomic E-state index is 0.00985. The molecule has 2 aromatic carbocycles. The molecule has 1 aliphatic heterocycles. The van der Waals surface area contributed by atoms with Crippen molar-refractivity contribution in [1.29, 1.82) is 0 Å². The first-order chi connectivity index (χ1) is 15.8. The number of aromatic nitrogens is 2. The third kappa shape index (κ3) is 5.64. The number of benzene rings is 2. The Morgan fingerprint density at radius 1 is 1.06 bits per heavy atom. The maximum absolute atomic E-state index is 13.3. The van der Waals surface area contributed by atoms with Crippen LogP contribution in [-0.2, 0) is 19.4 Å². The van der Waals surface area contributed by atoms with Crippen molar-refractivity contribution >= 4 is 33.0 Å². The summed E-state index contributed by atoms with van der Waals surface area (Å²) in [6.07, 6.45) is 1.77. The van der Waals surface area contributed by atoms with E-state index >= 15 is 0 Å². The molecule has 1 saturated heterocycles. The number of rotatable bonds is 6. The van der Waals surface area contributed by atoms with Crippen molar-refractivity contribution in [3.8, 4) is 11.4 Å². The predicted molar refractivity (Wildman–Crippen MR) is 123 cm³/mol. The Bertz CT molecular complexity index is 1210. The first-order valence-corrected chi connectivity index (χ1v) is 12.4. The van der Waals surface area contributed by atoms with Crippen LogP contribution < -0.4 is 10.2 Å². The summed E-state index contributed by atoms with van der Waals surface area (Å²) in [5, 5.41) is 6.58. The van der Waals surface area contributed by atoms with E-state index in [0.717, 1.165) is 11.1 Å². The van der Waals surface area contributed by atoms with Crippen LogP contribution in [0.15, 0.2) is 59.4 Å². The molecule has 2 heterocycles. The summed E-state index contributed by atoms with van der Waals surface area (Å²) in [6.45, 7) is 1.75. The maximum Gasteiger partial charge on any atom is 0.244 e. The number of anilines is 2. The molecule has 3 aromatic rings. The number of nitrogens with zero attached hydrogens (tertiary/aromatic N) is 3. The molecule has 33 heavy (non-hydrogen) atoms. The lowest BCUT2D eigenvalue weighted by Crippen LogP contribution is -2.43. The summed E-state index contributed by atoms with van der Waals surface area (Å²) in [7, 11) is -3.09. The van der Waals surface area contributed by atoms with Gasteiger partial charge in [0.1, 0.15) is 16.4 Å². The van der Waals surface area contributed by atoms with Gasteiger partial charge in [-0.25, -0.2) is 8.42 Å². The summed E-state index contributed by atoms with van der Waals surface area (Å²) < 4.78 is 28.3. The molecule has 0 unspecified atom stereocenters. The van der Waals surface area contributed by atoms with E-state index in [9.17, 15) is 18.0 Å². The molecule has 9 nitrogen and oxygen atoms in total. The van der Waals surface area contributed by atoms with Crippen LogP contribution in [0.2, 0.25) is 0 Å². The van der Waals surface area contributed by atoms with Crippen LogP contribution in [0.25, 0.3) is 11.4 Å². The van der Waals surface area contributed by atoms with Crippen molar-refractivity contribution in [2.24, 2.45) is 5.92 Å². The molecule has 2 amide bonds. The zero-order chi connectivity index (χ0) is 23.4. The van der Waals surface area contributed by atoms with E-state index in [1.165, 1.54) is 11.3 Å². The van der Waals surface area contributed by atoms with Gasteiger partial charge >= 0.3 is 0 Å². The average molecular weight is 469 g/mol. The topological polar surface area (TPSA) is 122 Å². The molecule has 1 fully saturated rings. The quantitative estimate of drug-likeness (QED) is 0.590. The zero-order valence-corrected chi connectivity index (χ0v) is 18.9. The van der Waals surface area contributed by atoms with Crippen LogP contribution in [0, 0.1) is 12.8 Å². The second-order valence-electron chi connectivity index (χ2n) is 8.07. The number of carbonyl (C=O) groups excluding carboxylic acids is 2. The number of sulfone groups is 1. The normalized spacial score (nSPS) is 15.7. The summed E-state index contributed by atoms with van der Waals surface area (Å²) >= 11 is 0. The van der Waals surface area contributed by atoms with E-state index in [1.54, 1.807) is 36.4 Å². The van der Waals surface area contributed by atoms with Crippen LogP contribution >= 0.6 is 0 Å². The molecule has 1 aromatic heterocycles. The average Bonchev–Trinajstić information content (AvgIpc) is 3.33. The Morgan fingerprint density at radius 3 is 2.33 bits per heavy atom. The van der Waals surface area contributed by atoms with Gasteiger partial charge in [-0.15, -0.1) is 0 Å². The van der Waals surface area contributed by atoms with Crippen LogP contribution in [0.5, 0.6) is 0 Å². The fourth-order valence-corrected chi connectivity index (χ4v) is 5.21. The SMILES string of the molecule is Cc1ccc(N(CC(=O)Nc2ccc(-c3ncon3)cc2)C(=O)C2CCS(=O)(=O)CC2)cc1. The highest BCUT2D eigenvalue weighted by atomic mass is 32.2. The molecule has 1 N–H and O–H groups in total. The Balaban J connectivity index is 1.48. The number of aryl methyl sites for hydroxylation is 1. The molecule has 0 aliphatic carbocycles. The molecule has 10 heteroatoms. The molecule has 1 aliphatic rings. The fraction of sp³-hybridized carbons (Fsp3) is 0.304. The van der Waals surface area contributed by atoms with Crippen LogP contribution in [-0.4, -0.2) is 48.4 Å². The summed E-state index contributed by atoms with van der Waals surface area (Å²) in [6, 6.07) is 14.3. The number of amides is 2. The monoisotopic (exact) mass is 468 g/mol. The van der Waals surface area contributed by atoms with Crippen molar-refractivity contribution in [2.75, 3.05) is 28.3 Å². The Kier molecular flexibility index (Phi) is 6.55. The predicted octanol–water partition coefficient (Wildman–Crippen LogP) is 2.84. The molecule has 0 bridgehead atoms. The van der Waals surface area contributed by atoms with Gasteiger partial charge in [-0.3, -0.25) is 9.59 Å². The van der Waals surface area contributed by atoms with E-state index in [0.29, 0.717) is 17.2 Å². The number of hydrogen-bond acceptors (Lipinski definition) is 7. The summed E-state index contributed by atoms with van der Waals surface area (Å²) in [5.41, 5.74) is 2.93. The maximum atomic E-state index is 13.3. The standard InChI is InChI=1S/C23H24N4O5S/c1-16-2-8-20(9-3-16)27(23(29)18-10-12-33(30,31)13-11-18)14-21(28)25-19-6-4-17(5-7-19)22-24-15-32-26-22/h2-9,15,18H,10-14H2,1H3,(H,25,28). The summed E-state index contributed by atoms with van der Waals surface area (Å²) in [5.74, 6) is -0.611. The van der Waals surface area contributed by atoms with Crippen LogP contribution in [0.3, 0.4) is 0 Å². The highest BCUT2D eigenvalue weighted by molar-refractivity contribution is 7.91.